The van der Waals surface area contributed by atoms with Crippen LogP contribution >= 0.6 is 27.5 Å². The Balaban J connectivity index is 2.04. The molecule has 1 heterocycles. The molecule has 0 fully saturated rings. The van der Waals surface area contributed by atoms with Crippen LogP contribution in [0.25, 0.3) is 0 Å². The number of benzene rings is 1. The third kappa shape index (κ3) is 2.77. The van der Waals surface area contributed by atoms with Crippen molar-refractivity contribution in [3.63, 3.8) is 0 Å². The maximum absolute atomic E-state index is 13.4. The molecule has 2 nitrogen and oxygen atoms in total. The van der Waals surface area contributed by atoms with Crippen molar-refractivity contribution in [3.8, 4) is 0 Å². The van der Waals surface area contributed by atoms with Crippen LogP contribution in [0.2, 0.25) is 5.02 Å². The third-order valence-corrected chi connectivity index (χ3v) is 2.67. The summed E-state index contributed by atoms with van der Waals surface area (Å²) in [5, 5.41) is 3.30. The summed E-state index contributed by atoms with van der Waals surface area (Å²) in [6.45, 7) is 0.421. The van der Waals surface area contributed by atoms with Gasteiger partial charge in [-0.2, -0.15) is 0 Å². The molecule has 1 aromatic carbocycles. The van der Waals surface area contributed by atoms with E-state index in [-0.39, 0.29) is 5.82 Å². The van der Waals surface area contributed by atoms with Crippen LogP contribution in [0.4, 0.5) is 10.1 Å². The zero-order valence-electron chi connectivity index (χ0n) is 8.14. The largest absolute Gasteiger partial charge is 0.452 e. The van der Waals surface area contributed by atoms with Gasteiger partial charge in [0.1, 0.15) is 11.6 Å². The maximum Gasteiger partial charge on any atom is 0.169 e. The van der Waals surface area contributed by atoms with E-state index >= 15 is 0 Å². The topological polar surface area (TPSA) is 25.2 Å². The SMILES string of the molecule is Fc1cc(Cl)ccc1NCc1ccc(Br)o1. The molecule has 84 valence electrons. The Labute approximate surface area is 106 Å². The number of furan rings is 1. The Bertz CT molecular complexity index is 500. The van der Waals surface area contributed by atoms with Crippen LogP contribution in [0.15, 0.2) is 39.4 Å². The van der Waals surface area contributed by atoms with Crippen molar-refractivity contribution in [1.29, 1.82) is 0 Å². The van der Waals surface area contributed by atoms with Gasteiger partial charge in [-0.15, -0.1) is 0 Å². The van der Waals surface area contributed by atoms with E-state index in [1.54, 1.807) is 18.2 Å². The summed E-state index contributed by atoms with van der Waals surface area (Å²) < 4.78 is 19.3. The molecule has 0 aliphatic heterocycles. The molecule has 1 N–H and O–H groups in total. The van der Waals surface area contributed by atoms with Crippen molar-refractivity contribution in [2.24, 2.45) is 0 Å². The highest BCUT2D eigenvalue weighted by Crippen LogP contribution is 2.20. The highest BCUT2D eigenvalue weighted by atomic mass is 79.9. The second-order valence-electron chi connectivity index (χ2n) is 3.18. The molecule has 0 aliphatic rings. The summed E-state index contributed by atoms with van der Waals surface area (Å²) in [5.41, 5.74) is 0.400. The van der Waals surface area contributed by atoms with Crippen LogP contribution < -0.4 is 5.32 Å². The quantitative estimate of drug-likeness (QED) is 0.906. The van der Waals surface area contributed by atoms with Crippen molar-refractivity contribution in [2.45, 2.75) is 6.54 Å². The molecule has 0 saturated carbocycles. The molecule has 0 bridgehead atoms. The smallest absolute Gasteiger partial charge is 0.169 e. The molecule has 0 atom stereocenters. The average Bonchev–Trinajstić information content (AvgIpc) is 2.63. The Morgan fingerprint density at radius 2 is 2.12 bits per heavy atom. The predicted octanol–water partition coefficient (Wildman–Crippen LogP) is 4.45. The van der Waals surface area contributed by atoms with Gasteiger partial charge < -0.3 is 9.73 Å². The number of hydrogen-bond acceptors (Lipinski definition) is 2. The lowest BCUT2D eigenvalue weighted by Gasteiger charge is -2.05. The fourth-order valence-electron chi connectivity index (χ4n) is 1.26. The zero-order valence-corrected chi connectivity index (χ0v) is 10.5. The molecule has 0 unspecified atom stereocenters. The molecule has 5 heteroatoms. The van der Waals surface area contributed by atoms with Gasteiger partial charge in [-0.05, 0) is 46.3 Å². The first-order chi connectivity index (χ1) is 7.65. The molecule has 0 spiro atoms. The average molecular weight is 305 g/mol. The Hall–Kier alpha value is -1.000. The molecule has 2 rings (SSSR count). The predicted molar refractivity (Wildman–Crippen MR) is 65.1 cm³/mol. The fraction of sp³-hybridized carbons (Fsp3) is 0.0909. The summed E-state index contributed by atoms with van der Waals surface area (Å²) in [4.78, 5) is 0. The number of halogens is 3. The minimum atomic E-state index is -0.377. The number of anilines is 1. The van der Waals surface area contributed by atoms with Gasteiger partial charge >= 0.3 is 0 Å². The lowest BCUT2D eigenvalue weighted by molar-refractivity contribution is 0.495. The second-order valence-corrected chi connectivity index (χ2v) is 4.40. The van der Waals surface area contributed by atoms with Gasteiger partial charge in [-0.1, -0.05) is 11.6 Å². The van der Waals surface area contributed by atoms with E-state index in [1.807, 2.05) is 6.07 Å². The summed E-state index contributed by atoms with van der Waals surface area (Å²) >= 11 is 8.84. The van der Waals surface area contributed by atoms with Gasteiger partial charge in [0.2, 0.25) is 0 Å². The fourth-order valence-corrected chi connectivity index (χ4v) is 1.76. The van der Waals surface area contributed by atoms with Crippen molar-refractivity contribution in [3.05, 3.63) is 51.6 Å². The minimum absolute atomic E-state index is 0.377. The van der Waals surface area contributed by atoms with Crippen LogP contribution in [0.3, 0.4) is 0 Å². The summed E-state index contributed by atoms with van der Waals surface area (Å²) in [5.74, 6) is 0.347. The first-order valence-electron chi connectivity index (χ1n) is 4.58. The van der Waals surface area contributed by atoms with Crippen LogP contribution in [0, 0.1) is 5.82 Å². The summed E-state index contributed by atoms with van der Waals surface area (Å²) in [7, 11) is 0. The van der Waals surface area contributed by atoms with E-state index < -0.39 is 0 Å². The summed E-state index contributed by atoms with van der Waals surface area (Å²) in [6, 6.07) is 8.09. The van der Waals surface area contributed by atoms with Crippen LogP contribution in [0.1, 0.15) is 5.76 Å². The molecule has 1 aromatic heterocycles. The molecule has 0 saturated heterocycles. The van der Waals surface area contributed by atoms with Crippen molar-refractivity contribution in [1.82, 2.24) is 0 Å². The van der Waals surface area contributed by atoms with Crippen molar-refractivity contribution < 1.29 is 8.81 Å². The minimum Gasteiger partial charge on any atom is -0.452 e. The summed E-state index contributed by atoms with van der Waals surface area (Å²) in [6.07, 6.45) is 0. The van der Waals surface area contributed by atoms with E-state index in [0.29, 0.717) is 21.9 Å². The van der Waals surface area contributed by atoms with Gasteiger partial charge in [0.25, 0.3) is 0 Å². The van der Waals surface area contributed by atoms with Gasteiger partial charge in [-0.25, -0.2) is 4.39 Å². The van der Waals surface area contributed by atoms with Crippen LogP contribution in [-0.4, -0.2) is 0 Å². The monoisotopic (exact) mass is 303 g/mol. The molecule has 2 aromatic rings. The maximum atomic E-state index is 13.4. The number of rotatable bonds is 3. The van der Waals surface area contributed by atoms with Gasteiger partial charge in [0, 0.05) is 5.02 Å². The van der Waals surface area contributed by atoms with E-state index in [4.69, 9.17) is 16.0 Å². The zero-order chi connectivity index (χ0) is 11.5. The van der Waals surface area contributed by atoms with Crippen molar-refractivity contribution >= 4 is 33.2 Å². The number of hydrogen-bond donors (Lipinski definition) is 1. The van der Waals surface area contributed by atoms with E-state index in [2.05, 4.69) is 21.2 Å². The van der Waals surface area contributed by atoms with E-state index in [9.17, 15) is 4.39 Å². The van der Waals surface area contributed by atoms with Gasteiger partial charge in [0.05, 0.1) is 12.2 Å². The normalized spacial score (nSPS) is 10.4. The molecule has 0 amide bonds. The highest BCUT2D eigenvalue weighted by Gasteiger charge is 2.04. The van der Waals surface area contributed by atoms with Crippen LogP contribution in [-0.2, 0) is 6.54 Å². The molecular weight excluding hydrogens is 296 g/mol. The highest BCUT2D eigenvalue weighted by molar-refractivity contribution is 9.10. The molecular formula is C11H8BrClFNO. The number of nitrogens with one attached hydrogen (secondary N) is 1. The first kappa shape index (κ1) is 11.5. The van der Waals surface area contributed by atoms with E-state index in [0.717, 1.165) is 5.76 Å². The Morgan fingerprint density at radius 1 is 1.31 bits per heavy atom. The Kier molecular flexibility index (Phi) is 3.51. The molecule has 16 heavy (non-hydrogen) atoms. The van der Waals surface area contributed by atoms with E-state index in [1.165, 1.54) is 6.07 Å². The van der Waals surface area contributed by atoms with Crippen molar-refractivity contribution in [2.75, 3.05) is 5.32 Å². The standard InChI is InChI=1S/C11H8BrClFNO/c12-11-4-2-8(16-11)6-15-10-3-1-7(13)5-9(10)14/h1-5,15H,6H2. The second kappa shape index (κ2) is 4.89. The van der Waals surface area contributed by atoms with Gasteiger partial charge in [0.15, 0.2) is 4.67 Å². The lowest BCUT2D eigenvalue weighted by Crippen LogP contribution is -2.00. The third-order valence-electron chi connectivity index (χ3n) is 2.01. The molecule has 0 aliphatic carbocycles. The molecule has 0 radical (unpaired) electrons. The van der Waals surface area contributed by atoms with Crippen LogP contribution in [0.5, 0.6) is 0 Å². The Morgan fingerprint density at radius 3 is 2.75 bits per heavy atom. The first-order valence-corrected chi connectivity index (χ1v) is 5.75. The lowest BCUT2D eigenvalue weighted by atomic mass is 10.3. The van der Waals surface area contributed by atoms with Gasteiger partial charge in [-0.3, -0.25) is 0 Å².